The molecule has 0 amide bonds. The number of ether oxygens (including phenoxy) is 2. The van der Waals surface area contributed by atoms with Crippen LogP contribution in [0.15, 0.2) is 12.1 Å². The largest absolute Gasteiger partial charge is 0.508 e. The molecule has 0 aromatic heterocycles. The first-order chi connectivity index (χ1) is 14.0. The molecule has 0 radical (unpaired) electrons. The van der Waals surface area contributed by atoms with E-state index >= 15 is 0 Å². The summed E-state index contributed by atoms with van der Waals surface area (Å²) in [5.74, 6) is 2.55. The number of aryl methyl sites for hydroxylation is 1. The van der Waals surface area contributed by atoms with Gasteiger partial charge in [0, 0.05) is 5.56 Å². The number of aromatic hydroxyl groups is 1. The predicted octanol–water partition coefficient (Wildman–Crippen LogP) is 5.91. The Bertz CT molecular complexity index is 542. The molecule has 0 aliphatic rings. The number of phenols is 1. The minimum Gasteiger partial charge on any atom is -0.508 e. The molecule has 0 fully saturated rings. The van der Waals surface area contributed by atoms with Crippen LogP contribution in [0.2, 0.25) is 0 Å². The van der Waals surface area contributed by atoms with Crippen LogP contribution in [0.25, 0.3) is 0 Å². The number of aliphatic hydroxyl groups excluding tert-OH is 1. The highest BCUT2D eigenvalue weighted by Gasteiger charge is 2.14. The minimum atomic E-state index is 0.0215. The second kappa shape index (κ2) is 15.6. The highest BCUT2D eigenvalue weighted by molar-refractivity contribution is 5.47. The average molecular weight is 409 g/mol. The van der Waals surface area contributed by atoms with E-state index in [-0.39, 0.29) is 6.61 Å². The third-order valence-electron chi connectivity index (χ3n) is 5.40. The van der Waals surface area contributed by atoms with E-state index in [9.17, 15) is 5.11 Å². The van der Waals surface area contributed by atoms with Crippen LogP contribution < -0.4 is 4.74 Å². The zero-order valence-electron chi connectivity index (χ0n) is 19.2. The van der Waals surface area contributed by atoms with Crippen molar-refractivity contribution >= 4 is 0 Å². The van der Waals surface area contributed by atoms with Gasteiger partial charge in [0.2, 0.25) is 0 Å². The van der Waals surface area contributed by atoms with E-state index in [1.165, 1.54) is 32.1 Å². The van der Waals surface area contributed by atoms with Gasteiger partial charge < -0.3 is 19.7 Å². The molecule has 168 valence electrons. The molecule has 2 N–H and O–H groups in total. The van der Waals surface area contributed by atoms with E-state index in [4.69, 9.17) is 14.6 Å². The van der Waals surface area contributed by atoms with Gasteiger partial charge in [-0.3, -0.25) is 0 Å². The number of unbranched alkanes of at least 4 members (excludes halogenated alkanes) is 2. The monoisotopic (exact) mass is 408 g/mol. The molecule has 0 saturated carbocycles. The van der Waals surface area contributed by atoms with E-state index in [2.05, 4.69) is 33.8 Å². The molecular formula is C25H44O4. The second-order valence-corrected chi connectivity index (χ2v) is 8.70. The predicted molar refractivity (Wildman–Crippen MR) is 121 cm³/mol. The van der Waals surface area contributed by atoms with Crippen molar-refractivity contribution in [2.45, 2.75) is 85.5 Å². The minimum absolute atomic E-state index is 0.0215. The third-order valence-corrected chi connectivity index (χ3v) is 5.40. The fraction of sp³-hybridized carbons (Fsp3) is 0.760. The van der Waals surface area contributed by atoms with Gasteiger partial charge in [0.1, 0.15) is 18.1 Å². The maximum atomic E-state index is 10.7. The van der Waals surface area contributed by atoms with E-state index in [0.717, 1.165) is 48.5 Å². The van der Waals surface area contributed by atoms with Crippen LogP contribution >= 0.6 is 0 Å². The first kappa shape index (κ1) is 25.8. The Balaban J connectivity index is 2.72. The van der Waals surface area contributed by atoms with Crippen LogP contribution in [0.1, 0.15) is 83.8 Å². The first-order valence-corrected chi connectivity index (χ1v) is 11.6. The average Bonchev–Trinajstić information content (AvgIpc) is 2.67. The summed E-state index contributed by atoms with van der Waals surface area (Å²) in [6.07, 6.45) is 10.1. The molecule has 4 heteroatoms. The van der Waals surface area contributed by atoms with E-state index < -0.39 is 0 Å². The van der Waals surface area contributed by atoms with E-state index in [0.29, 0.717) is 31.5 Å². The standard InChI is InChI=1S/C25H44O4/c1-5-6-7-11-22-18-24(27)23(13-12-21(4)10-8-9-20(2)3)25(19-22)29-17-16-28-15-14-26/h18-21,26-27H,5-17H2,1-4H3/t21-/m0/s1. The van der Waals surface area contributed by atoms with Crippen molar-refractivity contribution in [2.75, 3.05) is 26.4 Å². The van der Waals surface area contributed by atoms with E-state index in [1.807, 2.05) is 6.07 Å². The van der Waals surface area contributed by atoms with Crippen LogP contribution in [0.3, 0.4) is 0 Å². The fourth-order valence-corrected chi connectivity index (χ4v) is 3.58. The van der Waals surface area contributed by atoms with Crippen LogP contribution in [0.5, 0.6) is 11.5 Å². The topological polar surface area (TPSA) is 58.9 Å². The Morgan fingerprint density at radius 3 is 2.38 bits per heavy atom. The lowest BCUT2D eigenvalue weighted by Gasteiger charge is -2.17. The molecule has 1 aromatic carbocycles. The molecule has 0 spiro atoms. The zero-order chi connectivity index (χ0) is 21.5. The van der Waals surface area contributed by atoms with Crippen LogP contribution in [0.4, 0.5) is 0 Å². The second-order valence-electron chi connectivity index (χ2n) is 8.70. The summed E-state index contributed by atoms with van der Waals surface area (Å²) >= 11 is 0. The SMILES string of the molecule is CCCCCc1cc(O)c(CC[C@@H](C)CCCC(C)C)c(OCCOCCO)c1. The van der Waals surface area contributed by atoms with Crippen LogP contribution in [0, 0.1) is 11.8 Å². The van der Waals surface area contributed by atoms with Crippen LogP contribution in [-0.2, 0) is 17.6 Å². The van der Waals surface area contributed by atoms with Gasteiger partial charge in [-0.1, -0.05) is 59.8 Å². The van der Waals surface area contributed by atoms with Gasteiger partial charge in [0.15, 0.2) is 0 Å². The van der Waals surface area contributed by atoms with Gasteiger partial charge in [-0.15, -0.1) is 0 Å². The lowest BCUT2D eigenvalue weighted by atomic mass is 9.93. The Kier molecular flexibility index (Phi) is 13.8. The fourth-order valence-electron chi connectivity index (χ4n) is 3.58. The number of hydrogen-bond donors (Lipinski definition) is 2. The molecule has 1 rings (SSSR count). The van der Waals surface area contributed by atoms with Crippen molar-refractivity contribution in [3.8, 4) is 11.5 Å². The first-order valence-electron chi connectivity index (χ1n) is 11.6. The Labute approximate surface area is 178 Å². The van der Waals surface area contributed by atoms with Gasteiger partial charge in [-0.05, 0) is 55.2 Å². The summed E-state index contributed by atoms with van der Waals surface area (Å²) in [7, 11) is 0. The lowest BCUT2D eigenvalue weighted by Crippen LogP contribution is -2.10. The molecule has 0 saturated heterocycles. The summed E-state index contributed by atoms with van der Waals surface area (Å²) in [5.41, 5.74) is 2.05. The molecular weight excluding hydrogens is 364 g/mol. The summed E-state index contributed by atoms with van der Waals surface area (Å²) in [5, 5.41) is 19.5. The Morgan fingerprint density at radius 1 is 0.897 bits per heavy atom. The molecule has 0 bridgehead atoms. The number of aliphatic hydroxyl groups is 1. The van der Waals surface area contributed by atoms with Gasteiger partial charge in [-0.25, -0.2) is 0 Å². The van der Waals surface area contributed by atoms with Crippen molar-refractivity contribution < 1.29 is 19.7 Å². The molecule has 29 heavy (non-hydrogen) atoms. The van der Waals surface area contributed by atoms with Crippen molar-refractivity contribution in [3.05, 3.63) is 23.3 Å². The van der Waals surface area contributed by atoms with Crippen molar-refractivity contribution in [2.24, 2.45) is 11.8 Å². The molecule has 1 aromatic rings. The Hall–Kier alpha value is -1.26. The van der Waals surface area contributed by atoms with Crippen molar-refractivity contribution in [3.63, 3.8) is 0 Å². The summed E-state index contributed by atoms with van der Waals surface area (Å²) in [6, 6.07) is 4.02. The molecule has 0 unspecified atom stereocenters. The molecule has 0 heterocycles. The lowest BCUT2D eigenvalue weighted by molar-refractivity contribution is 0.0702. The summed E-state index contributed by atoms with van der Waals surface area (Å²) < 4.78 is 11.3. The number of rotatable bonds is 17. The molecule has 1 atom stereocenters. The number of phenolic OH excluding ortho intramolecular Hbond substituents is 1. The molecule has 4 nitrogen and oxygen atoms in total. The third kappa shape index (κ3) is 11.5. The maximum Gasteiger partial charge on any atom is 0.126 e. The Morgan fingerprint density at radius 2 is 1.69 bits per heavy atom. The van der Waals surface area contributed by atoms with Crippen LogP contribution in [-0.4, -0.2) is 36.6 Å². The van der Waals surface area contributed by atoms with Gasteiger partial charge in [-0.2, -0.15) is 0 Å². The molecule has 0 aliphatic carbocycles. The smallest absolute Gasteiger partial charge is 0.126 e. The number of benzene rings is 1. The maximum absolute atomic E-state index is 10.7. The van der Waals surface area contributed by atoms with Crippen molar-refractivity contribution in [1.82, 2.24) is 0 Å². The van der Waals surface area contributed by atoms with Gasteiger partial charge in [0.25, 0.3) is 0 Å². The summed E-state index contributed by atoms with van der Waals surface area (Å²) in [6.45, 7) is 10.3. The molecule has 0 aliphatic heterocycles. The zero-order valence-corrected chi connectivity index (χ0v) is 19.2. The normalized spacial score (nSPS) is 12.5. The number of hydrogen-bond acceptors (Lipinski definition) is 4. The quantitative estimate of drug-likeness (QED) is 0.315. The van der Waals surface area contributed by atoms with E-state index in [1.54, 1.807) is 0 Å². The highest BCUT2D eigenvalue weighted by Crippen LogP contribution is 2.33. The van der Waals surface area contributed by atoms with Gasteiger partial charge in [0.05, 0.1) is 19.8 Å². The van der Waals surface area contributed by atoms with Crippen molar-refractivity contribution in [1.29, 1.82) is 0 Å². The highest BCUT2D eigenvalue weighted by atomic mass is 16.5. The van der Waals surface area contributed by atoms with Gasteiger partial charge >= 0.3 is 0 Å². The summed E-state index contributed by atoms with van der Waals surface area (Å²) in [4.78, 5) is 0.